The van der Waals surface area contributed by atoms with E-state index in [-0.39, 0.29) is 18.3 Å². The highest BCUT2D eigenvalue weighted by atomic mass is 16.7. The van der Waals surface area contributed by atoms with Gasteiger partial charge < -0.3 is 9.31 Å². The number of aromatic nitrogens is 1. The predicted molar refractivity (Wildman–Crippen MR) is 73.9 cm³/mol. The van der Waals surface area contributed by atoms with Crippen molar-refractivity contribution in [2.75, 3.05) is 0 Å². The fourth-order valence-corrected chi connectivity index (χ4v) is 2.10. The monoisotopic (exact) mass is 247 g/mol. The first-order valence-electron chi connectivity index (χ1n) is 6.67. The van der Waals surface area contributed by atoms with Crippen LogP contribution >= 0.6 is 0 Å². The summed E-state index contributed by atoms with van der Waals surface area (Å²) in [5.74, 6) is 0. The van der Waals surface area contributed by atoms with Gasteiger partial charge in [0, 0.05) is 6.20 Å². The molecule has 0 aliphatic carbocycles. The lowest BCUT2D eigenvalue weighted by atomic mass is 9.80. The maximum Gasteiger partial charge on any atom is 0.514 e. The summed E-state index contributed by atoms with van der Waals surface area (Å²) in [6, 6.07) is 4.08. The lowest BCUT2D eigenvalue weighted by Crippen LogP contribution is -2.41. The maximum absolute atomic E-state index is 6.05. The quantitative estimate of drug-likeness (QED) is 0.768. The van der Waals surface area contributed by atoms with Gasteiger partial charge in [-0.15, -0.1) is 0 Å². The van der Waals surface area contributed by atoms with E-state index in [0.717, 1.165) is 18.4 Å². The average molecular weight is 247 g/mol. The third-order valence-electron chi connectivity index (χ3n) is 3.92. The van der Waals surface area contributed by atoms with E-state index in [1.807, 2.05) is 6.07 Å². The summed E-state index contributed by atoms with van der Waals surface area (Å²) in [7, 11) is -0.349. The van der Waals surface area contributed by atoms with E-state index in [9.17, 15) is 0 Å². The summed E-state index contributed by atoms with van der Waals surface area (Å²) >= 11 is 0. The Labute approximate surface area is 110 Å². The average Bonchev–Trinajstić information content (AvgIpc) is 2.49. The second-order valence-corrected chi connectivity index (χ2v) is 5.89. The number of nitrogens with zero attached hydrogens (tertiary/aromatic N) is 1. The highest BCUT2D eigenvalue weighted by Gasteiger charge is 2.52. The van der Waals surface area contributed by atoms with Crippen LogP contribution in [0.25, 0.3) is 0 Å². The van der Waals surface area contributed by atoms with Crippen molar-refractivity contribution in [3.05, 3.63) is 23.9 Å². The van der Waals surface area contributed by atoms with E-state index in [2.05, 4.69) is 45.7 Å². The van der Waals surface area contributed by atoms with Crippen LogP contribution in [0.15, 0.2) is 18.3 Å². The van der Waals surface area contributed by atoms with E-state index < -0.39 is 0 Å². The Hall–Kier alpha value is -0.865. The molecule has 2 rings (SSSR count). The summed E-state index contributed by atoms with van der Waals surface area (Å²) in [6.45, 7) is 10.4. The summed E-state index contributed by atoms with van der Waals surface area (Å²) in [6.07, 6.45) is 3.91. The molecule has 0 bridgehead atoms. The molecular weight excluding hydrogens is 225 g/mol. The molecule has 2 heterocycles. The Morgan fingerprint density at radius 3 is 2.33 bits per heavy atom. The van der Waals surface area contributed by atoms with Gasteiger partial charge in [0.05, 0.1) is 16.8 Å². The lowest BCUT2D eigenvalue weighted by Gasteiger charge is -2.32. The molecule has 0 atom stereocenters. The molecule has 0 radical (unpaired) electrons. The molecule has 1 fully saturated rings. The predicted octanol–water partition coefficient (Wildman–Crippen LogP) is 2.33. The molecule has 1 aromatic rings. The molecule has 1 aromatic heterocycles. The fraction of sp³-hybridized carbons (Fsp3) is 0.643. The number of hydrogen-bond donors (Lipinski definition) is 0. The second-order valence-electron chi connectivity index (χ2n) is 5.89. The SMILES string of the molecule is CCCc1cccnc1B1OC(C)(C)C(C)(C)O1. The lowest BCUT2D eigenvalue weighted by molar-refractivity contribution is 0.00578. The minimum Gasteiger partial charge on any atom is -0.398 e. The molecule has 1 aliphatic heterocycles. The van der Waals surface area contributed by atoms with Crippen LogP contribution < -0.4 is 5.59 Å². The molecule has 3 nitrogen and oxygen atoms in total. The first kappa shape index (κ1) is 13.6. The minimum absolute atomic E-state index is 0.307. The van der Waals surface area contributed by atoms with Gasteiger partial charge in [-0.05, 0) is 45.7 Å². The molecule has 0 aromatic carbocycles. The Balaban J connectivity index is 2.29. The van der Waals surface area contributed by atoms with Crippen molar-refractivity contribution in [2.24, 2.45) is 0 Å². The molecule has 0 N–H and O–H groups in total. The molecule has 0 saturated carbocycles. The summed E-state index contributed by atoms with van der Waals surface area (Å²) < 4.78 is 12.1. The van der Waals surface area contributed by atoms with Crippen LogP contribution in [0.5, 0.6) is 0 Å². The van der Waals surface area contributed by atoms with Crippen LogP contribution in [0, 0.1) is 0 Å². The van der Waals surface area contributed by atoms with Gasteiger partial charge in [-0.1, -0.05) is 19.4 Å². The number of pyridine rings is 1. The van der Waals surface area contributed by atoms with Crippen molar-refractivity contribution < 1.29 is 9.31 Å². The van der Waals surface area contributed by atoms with Gasteiger partial charge in [0.25, 0.3) is 0 Å². The van der Waals surface area contributed by atoms with Gasteiger partial charge in [-0.3, -0.25) is 4.98 Å². The van der Waals surface area contributed by atoms with E-state index in [1.54, 1.807) is 6.20 Å². The Morgan fingerprint density at radius 2 is 1.78 bits per heavy atom. The van der Waals surface area contributed by atoms with Crippen LogP contribution in [-0.2, 0) is 15.7 Å². The van der Waals surface area contributed by atoms with E-state index in [0.29, 0.717) is 0 Å². The standard InChI is InChI=1S/C14H22BNO2/c1-6-8-11-9-7-10-16-12(11)15-17-13(2,3)14(4,5)18-15/h7,9-10H,6,8H2,1-5H3. The largest absolute Gasteiger partial charge is 0.514 e. The zero-order valence-corrected chi connectivity index (χ0v) is 12.0. The third-order valence-corrected chi connectivity index (χ3v) is 3.92. The summed E-state index contributed by atoms with van der Waals surface area (Å²) in [4.78, 5) is 4.46. The first-order valence-corrected chi connectivity index (χ1v) is 6.67. The summed E-state index contributed by atoms with van der Waals surface area (Å²) in [5.41, 5.74) is 1.54. The summed E-state index contributed by atoms with van der Waals surface area (Å²) in [5, 5.41) is 0. The minimum atomic E-state index is -0.349. The smallest absolute Gasteiger partial charge is 0.398 e. The molecule has 4 heteroatoms. The van der Waals surface area contributed by atoms with Crippen molar-refractivity contribution in [3.63, 3.8) is 0 Å². The van der Waals surface area contributed by atoms with Crippen LogP contribution in [0.2, 0.25) is 0 Å². The van der Waals surface area contributed by atoms with Crippen molar-refractivity contribution in [1.82, 2.24) is 4.98 Å². The van der Waals surface area contributed by atoms with Gasteiger partial charge in [-0.2, -0.15) is 0 Å². The molecule has 0 spiro atoms. The highest BCUT2D eigenvalue weighted by molar-refractivity contribution is 6.61. The highest BCUT2D eigenvalue weighted by Crippen LogP contribution is 2.36. The van der Waals surface area contributed by atoms with Crippen LogP contribution in [0.1, 0.15) is 46.6 Å². The topological polar surface area (TPSA) is 31.4 Å². The third kappa shape index (κ3) is 2.32. The zero-order chi connectivity index (χ0) is 13.4. The molecule has 0 amide bonds. The van der Waals surface area contributed by atoms with Gasteiger partial charge in [0.2, 0.25) is 0 Å². The number of rotatable bonds is 3. The maximum atomic E-state index is 6.05. The van der Waals surface area contributed by atoms with Crippen molar-refractivity contribution in [1.29, 1.82) is 0 Å². The fourth-order valence-electron chi connectivity index (χ4n) is 2.10. The van der Waals surface area contributed by atoms with Crippen LogP contribution in [-0.4, -0.2) is 23.3 Å². The van der Waals surface area contributed by atoms with E-state index >= 15 is 0 Å². The van der Waals surface area contributed by atoms with Crippen molar-refractivity contribution in [3.8, 4) is 0 Å². The Bertz CT molecular complexity index is 416. The van der Waals surface area contributed by atoms with Crippen molar-refractivity contribution in [2.45, 2.75) is 58.7 Å². The molecule has 1 aliphatic rings. The van der Waals surface area contributed by atoms with E-state index in [1.165, 1.54) is 5.56 Å². The first-order chi connectivity index (χ1) is 8.37. The Kier molecular flexibility index (Phi) is 3.52. The van der Waals surface area contributed by atoms with Crippen LogP contribution in [0.4, 0.5) is 0 Å². The molecule has 0 unspecified atom stereocenters. The number of aryl methyl sites for hydroxylation is 1. The normalized spacial score (nSPS) is 21.3. The van der Waals surface area contributed by atoms with Gasteiger partial charge in [0.15, 0.2) is 0 Å². The van der Waals surface area contributed by atoms with Crippen LogP contribution in [0.3, 0.4) is 0 Å². The van der Waals surface area contributed by atoms with Crippen molar-refractivity contribution >= 4 is 12.7 Å². The second kappa shape index (κ2) is 4.67. The number of hydrogen-bond acceptors (Lipinski definition) is 3. The van der Waals surface area contributed by atoms with E-state index in [4.69, 9.17) is 9.31 Å². The van der Waals surface area contributed by atoms with Gasteiger partial charge in [0.1, 0.15) is 0 Å². The molecule has 18 heavy (non-hydrogen) atoms. The van der Waals surface area contributed by atoms with Gasteiger partial charge >= 0.3 is 7.12 Å². The molecular formula is C14H22BNO2. The molecule has 98 valence electrons. The Morgan fingerprint density at radius 1 is 1.17 bits per heavy atom. The zero-order valence-electron chi connectivity index (χ0n) is 12.0. The molecule has 1 saturated heterocycles. The van der Waals surface area contributed by atoms with Gasteiger partial charge in [-0.25, -0.2) is 0 Å².